The van der Waals surface area contributed by atoms with Crippen molar-refractivity contribution in [3.8, 4) is 0 Å². The van der Waals surface area contributed by atoms with Gasteiger partial charge in [-0.3, -0.25) is 9.89 Å². The van der Waals surface area contributed by atoms with Gasteiger partial charge in [0.25, 0.3) is 5.91 Å². The van der Waals surface area contributed by atoms with E-state index in [2.05, 4.69) is 10.2 Å². The summed E-state index contributed by atoms with van der Waals surface area (Å²) in [5.41, 5.74) is 0.559. The minimum absolute atomic E-state index is 0.0360. The number of nitrogens with zero attached hydrogens (tertiary/aromatic N) is 3. The quantitative estimate of drug-likeness (QED) is 0.855. The largest absolute Gasteiger partial charge is 0.446 e. The van der Waals surface area contributed by atoms with Crippen LogP contribution in [-0.4, -0.2) is 65.3 Å². The van der Waals surface area contributed by atoms with Crippen LogP contribution in [-0.2, 0) is 4.74 Å². The van der Waals surface area contributed by atoms with Crippen LogP contribution in [0.3, 0.4) is 0 Å². The fraction of sp³-hybridized carbons (Fsp3) is 0.583. The van der Waals surface area contributed by atoms with Gasteiger partial charge in [0.1, 0.15) is 6.10 Å². The van der Waals surface area contributed by atoms with Crippen molar-refractivity contribution in [1.29, 1.82) is 0 Å². The first-order chi connectivity index (χ1) is 9.08. The monoisotopic (exact) mass is 266 g/mol. The lowest BCUT2D eigenvalue weighted by Crippen LogP contribution is -2.42. The van der Waals surface area contributed by atoms with Crippen molar-refractivity contribution in [3.05, 3.63) is 18.0 Å². The maximum absolute atomic E-state index is 12.0. The van der Waals surface area contributed by atoms with Crippen LogP contribution in [0.5, 0.6) is 0 Å². The molecule has 0 aromatic carbocycles. The van der Waals surface area contributed by atoms with Gasteiger partial charge in [-0.1, -0.05) is 0 Å². The Morgan fingerprint density at radius 1 is 1.42 bits per heavy atom. The van der Waals surface area contributed by atoms with Crippen LogP contribution in [0.4, 0.5) is 4.79 Å². The van der Waals surface area contributed by atoms with Gasteiger partial charge < -0.3 is 14.5 Å². The first-order valence-electron chi connectivity index (χ1n) is 6.24. The lowest BCUT2D eigenvalue weighted by molar-refractivity contribution is 0.0328. The Kier molecular flexibility index (Phi) is 4.03. The highest BCUT2D eigenvalue weighted by Gasteiger charge is 2.26. The number of likely N-dealkylation sites (tertiary alicyclic amines) is 1. The molecule has 0 spiro atoms. The number of nitrogens with one attached hydrogen (secondary N) is 1. The molecule has 0 bridgehead atoms. The third kappa shape index (κ3) is 3.24. The third-order valence-corrected chi connectivity index (χ3v) is 3.11. The van der Waals surface area contributed by atoms with Crippen molar-refractivity contribution in [1.82, 2.24) is 20.0 Å². The summed E-state index contributed by atoms with van der Waals surface area (Å²) >= 11 is 0. The van der Waals surface area contributed by atoms with E-state index in [1.54, 1.807) is 25.2 Å². The Labute approximate surface area is 111 Å². The zero-order valence-corrected chi connectivity index (χ0v) is 11.1. The van der Waals surface area contributed by atoms with E-state index in [9.17, 15) is 9.59 Å². The molecule has 1 saturated heterocycles. The summed E-state index contributed by atoms with van der Waals surface area (Å²) < 4.78 is 5.30. The average molecular weight is 266 g/mol. The van der Waals surface area contributed by atoms with Crippen LogP contribution in [0.2, 0.25) is 0 Å². The molecule has 7 nitrogen and oxygen atoms in total. The van der Waals surface area contributed by atoms with Gasteiger partial charge in [0.05, 0.1) is 11.8 Å². The molecule has 19 heavy (non-hydrogen) atoms. The van der Waals surface area contributed by atoms with E-state index in [0.29, 0.717) is 31.5 Å². The fourth-order valence-corrected chi connectivity index (χ4v) is 1.98. The maximum atomic E-state index is 12.0. The highest BCUT2D eigenvalue weighted by atomic mass is 16.6. The number of aromatic nitrogens is 2. The molecule has 0 saturated carbocycles. The van der Waals surface area contributed by atoms with Crippen molar-refractivity contribution < 1.29 is 14.3 Å². The average Bonchev–Trinajstić information content (AvgIpc) is 2.92. The summed E-state index contributed by atoms with van der Waals surface area (Å²) in [6.45, 7) is 1.19. The van der Waals surface area contributed by atoms with Crippen molar-refractivity contribution in [2.24, 2.45) is 0 Å². The van der Waals surface area contributed by atoms with Gasteiger partial charge in [-0.25, -0.2) is 4.79 Å². The van der Waals surface area contributed by atoms with Crippen LogP contribution >= 0.6 is 0 Å². The normalized spacial score (nSPS) is 16.2. The van der Waals surface area contributed by atoms with Gasteiger partial charge in [-0.05, 0) is 0 Å². The summed E-state index contributed by atoms with van der Waals surface area (Å²) in [7, 11) is 3.31. The number of H-pyrrole nitrogens is 1. The van der Waals surface area contributed by atoms with Crippen LogP contribution in [0.15, 0.2) is 12.4 Å². The number of piperidine rings is 1. The molecule has 1 aliphatic heterocycles. The molecule has 2 rings (SSSR count). The molecule has 0 aliphatic carbocycles. The minimum Gasteiger partial charge on any atom is -0.446 e. The van der Waals surface area contributed by atoms with E-state index >= 15 is 0 Å². The van der Waals surface area contributed by atoms with Gasteiger partial charge in [0.15, 0.2) is 0 Å². The standard InChI is InChI=1S/C12H18N4O3/c1-15(2)12(18)19-10-3-5-16(6-4-10)11(17)9-7-13-14-8-9/h7-8,10H,3-6H2,1-2H3,(H,13,14). The Morgan fingerprint density at radius 3 is 2.63 bits per heavy atom. The second kappa shape index (κ2) is 5.73. The predicted molar refractivity (Wildman–Crippen MR) is 67.7 cm³/mol. The second-order valence-electron chi connectivity index (χ2n) is 4.76. The van der Waals surface area contributed by atoms with Crippen LogP contribution in [0.25, 0.3) is 0 Å². The number of rotatable bonds is 2. The van der Waals surface area contributed by atoms with Crippen molar-refractivity contribution in [2.45, 2.75) is 18.9 Å². The molecule has 1 aromatic heterocycles. The summed E-state index contributed by atoms with van der Waals surface area (Å²) in [6, 6.07) is 0. The summed E-state index contributed by atoms with van der Waals surface area (Å²) in [6.07, 6.45) is 4.00. The van der Waals surface area contributed by atoms with E-state index in [1.165, 1.54) is 11.1 Å². The summed E-state index contributed by atoms with van der Waals surface area (Å²) in [4.78, 5) is 26.6. The Bertz CT molecular complexity index is 436. The highest BCUT2D eigenvalue weighted by Crippen LogP contribution is 2.16. The van der Waals surface area contributed by atoms with E-state index in [4.69, 9.17) is 4.74 Å². The zero-order valence-electron chi connectivity index (χ0n) is 11.1. The number of aromatic amines is 1. The van der Waals surface area contributed by atoms with Crippen LogP contribution in [0.1, 0.15) is 23.2 Å². The van der Waals surface area contributed by atoms with Gasteiger partial charge in [0.2, 0.25) is 0 Å². The molecule has 2 amide bonds. The SMILES string of the molecule is CN(C)C(=O)OC1CCN(C(=O)c2cn[nH]c2)CC1. The van der Waals surface area contributed by atoms with Crippen LogP contribution < -0.4 is 0 Å². The topological polar surface area (TPSA) is 78.5 Å². The Balaban J connectivity index is 1.82. The molecule has 1 aromatic rings. The highest BCUT2D eigenvalue weighted by molar-refractivity contribution is 5.93. The molecule has 1 fully saturated rings. The molecule has 7 heteroatoms. The lowest BCUT2D eigenvalue weighted by atomic mass is 10.1. The number of carbonyl (C=O) groups excluding carboxylic acids is 2. The maximum Gasteiger partial charge on any atom is 0.409 e. The number of carbonyl (C=O) groups is 2. The van der Waals surface area contributed by atoms with Gasteiger partial charge in [-0.15, -0.1) is 0 Å². The van der Waals surface area contributed by atoms with Gasteiger partial charge in [-0.2, -0.15) is 5.10 Å². The smallest absolute Gasteiger partial charge is 0.409 e. The fourth-order valence-electron chi connectivity index (χ4n) is 1.98. The molecule has 0 radical (unpaired) electrons. The summed E-state index contributed by atoms with van der Waals surface area (Å²) in [5, 5.41) is 6.39. The molecule has 104 valence electrons. The van der Waals surface area contributed by atoms with E-state index in [1.807, 2.05) is 0 Å². The van der Waals surface area contributed by atoms with Crippen molar-refractivity contribution >= 4 is 12.0 Å². The van der Waals surface area contributed by atoms with Gasteiger partial charge in [0, 0.05) is 46.2 Å². The molecular weight excluding hydrogens is 248 g/mol. The number of hydrogen-bond acceptors (Lipinski definition) is 4. The minimum atomic E-state index is -0.334. The second-order valence-corrected chi connectivity index (χ2v) is 4.76. The van der Waals surface area contributed by atoms with E-state index in [0.717, 1.165) is 0 Å². The number of amides is 2. The molecule has 1 aliphatic rings. The first-order valence-corrected chi connectivity index (χ1v) is 6.24. The van der Waals surface area contributed by atoms with Crippen molar-refractivity contribution in [2.75, 3.05) is 27.2 Å². The predicted octanol–water partition coefficient (Wildman–Crippen LogP) is 0.712. The lowest BCUT2D eigenvalue weighted by Gasteiger charge is -2.31. The molecule has 0 atom stereocenters. The van der Waals surface area contributed by atoms with Crippen LogP contribution in [0, 0.1) is 0 Å². The third-order valence-electron chi connectivity index (χ3n) is 3.11. The zero-order chi connectivity index (χ0) is 13.8. The Morgan fingerprint density at radius 2 is 2.11 bits per heavy atom. The number of ether oxygens (including phenoxy) is 1. The Hall–Kier alpha value is -2.05. The first kappa shape index (κ1) is 13.4. The van der Waals surface area contributed by atoms with Gasteiger partial charge >= 0.3 is 6.09 Å². The van der Waals surface area contributed by atoms with Crippen molar-refractivity contribution in [3.63, 3.8) is 0 Å². The molecular formula is C12H18N4O3. The number of hydrogen-bond donors (Lipinski definition) is 1. The molecule has 0 unspecified atom stereocenters. The molecule has 1 N–H and O–H groups in total. The van der Waals surface area contributed by atoms with E-state index in [-0.39, 0.29) is 18.1 Å². The molecule has 2 heterocycles. The summed E-state index contributed by atoms with van der Waals surface area (Å²) in [5.74, 6) is -0.0360. The van der Waals surface area contributed by atoms with E-state index < -0.39 is 0 Å².